The highest BCUT2D eigenvalue weighted by Crippen LogP contribution is 2.39. The first-order valence-corrected chi connectivity index (χ1v) is 8.50. The molecule has 4 nitrogen and oxygen atoms in total. The molecule has 128 valence electrons. The summed E-state index contributed by atoms with van der Waals surface area (Å²) in [5.74, 6) is 0.158. The summed E-state index contributed by atoms with van der Waals surface area (Å²) < 4.78 is 15.0. The van der Waals surface area contributed by atoms with E-state index >= 15 is 0 Å². The van der Waals surface area contributed by atoms with Crippen LogP contribution in [0.25, 0.3) is 16.9 Å². The summed E-state index contributed by atoms with van der Waals surface area (Å²) in [6.45, 7) is 4.14. The number of hydrogen-bond donors (Lipinski definition) is 1. The monoisotopic (exact) mass is 337 g/mol. The highest BCUT2D eigenvalue weighted by Gasteiger charge is 2.39. The molecular weight excluding hydrogens is 317 g/mol. The van der Waals surface area contributed by atoms with Gasteiger partial charge in [0.25, 0.3) is 5.91 Å². The van der Waals surface area contributed by atoms with Crippen LogP contribution in [-0.4, -0.2) is 20.8 Å². The van der Waals surface area contributed by atoms with Crippen molar-refractivity contribution < 1.29 is 9.18 Å². The Morgan fingerprint density at radius 2 is 1.84 bits per heavy atom. The van der Waals surface area contributed by atoms with Crippen molar-refractivity contribution in [2.75, 3.05) is 0 Å². The summed E-state index contributed by atoms with van der Waals surface area (Å²) in [7, 11) is 0. The second-order valence-electron chi connectivity index (χ2n) is 7.23. The van der Waals surface area contributed by atoms with Crippen LogP contribution in [-0.2, 0) is 0 Å². The van der Waals surface area contributed by atoms with Crippen LogP contribution in [0.3, 0.4) is 0 Å². The average molecular weight is 337 g/mol. The van der Waals surface area contributed by atoms with Crippen LogP contribution < -0.4 is 5.32 Å². The number of aromatic nitrogens is 2. The molecule has 0 radical (unpaired) electrons. The molecule has 1 saturated carbocycles. The molecule has 25 heavy (non-hydrogen) atoms. The van der Waals surface area contributed by atoms with Gasteiger partial charge in [-0.25, -0.2) is 9.37 Å². The molecule has 1 N–H and O–H groups in total. The van der Waals surface area contributed by atoms with Gasteiger partial charge in [-0.3, -0.25) is 4.79 Å². The lowest BCUT2D eigenvalue weighted by molar-refractivity contribution is 0.0905. The van der Waals surface area contributed by atoms with Gasteiger partial charge in [-0.05, 0) is 69.0 Å². The fraction of sp³-hybridized carbons (Fsp3) is 0.300. The Kier molecular flexibility index (Phi) is 3.60. The van der Waals surface area contributed by atoms with Crippen molar-refractivity contribution in [1.29, 1.82) is 0 Å². The molecule has 0 saturated heterocycles. The summed E-state index contributed by atoms with van der Waals surface area (Å²) in [5.41, 5.74) is 2.47. The predicted molar refractivity (Wildman–Crippen MR) is 94.9 cm³/mol. The van der Waals surface area contributed by atoms with Gasteiger partial charge in [-0.2, -0.15) is 0 Å². The lowest BCUT2D eigenvalue weighted by atomic mass is 9.98. The van der Waals surface area contributed by atoms with Gasteiger partial charge in [0, 0.05) is 23.5 Å². The topological polar surface area (TPSA) is 46.4 Å². The Morgan fingerprint density at radius 3 is 2.52 bits per heavy atom. The number of hydrogen-bond acceptors (Lipinski definition) is 2. The molecule has 1 aliphatic carbocycles. The van der Waals surface area contributed by atoms with E-state index in [4.69, 9.17) is 0 Å². The van der Waals surface area contributed by atoms with E-state index in [9.17, 15) is 9.18 Å². The fourth-order valence-corrected chi connectivity index (χ4v) is 3.21. The van der Waals surface area contributed by atoms with Gasteiger partial charge in [-0.1, -0.05) is 0 Å². The molecule has 1 aliphatic rings. The van der Waals surface area contributed by atoms with Gasteiger partial charge in [-0.15, -0.1) is 0 Å². The number of carbonyl (C=O) groups excluding carboxylic acids is 1. The maximum absolute atomic E-state index is 13.1. The number of carbonyl (C=O) groups is 1. The Bertz CT molecular complexity index is 939. The van der Waals surface area contributed by atoms with E-state index in [-0.39, 0.29) is 17.3 Å². The number of fused-ring (bicyclic) bond motifs is 1. The molecule has 1 fully saturated rings. The number of nitrogens with zero attached hydrogens (tertiary/aromatic N) is 2. The molecule has 1 aromatic carbocycles. The largest absolute Gasteiger partial charge is 0.347 e. The van der Waals surface area contributed by atoms with Crippen LogP contribution in [0.5, 0.6) is 0 Å². The van der Waals surface area contributed by atoms with Crippen LogP contribution in [0.4, 0.5) is 4.39 Å². The fourth-order valence-electron chi connectivity index (χ4n) is 3.21. The Morgan fingerprint density at radius 1 is 1.16 bits per heavy atom. The van der Waals surface area contributed by atoms with Crippen LogP contribution in [0.2, 0.25) is 0 Å². The quantitative estimate of drug-likeness (QED) is 0.780. The van der Waals surface area contributed by atoms with Crippen molar-refractivity contribution in [1.82, 2.24) is 14.7 Å². The van der Waals surface area contributed by atoms with E-state index in [0.717, 1.165) is 18.4 Å². The summed E-state index contributed by atoms with van der Waals surface area (Å²) in [4.78, 5) is 17.4. The molecule has 0 bridgehead atoms. The van der Waals surface area contributed by atoms with E-state index in [2.05, 4.69) is 24.1 Å². The van der Waals surface area contributed by atoms with Gasteiger partial charge in [0.2, 0.25) is 0 Å². The van der Waals surface area contributed by atoms with Crippen LogP contribution in [0, 0.1) is 11.7 Å². The van der Waals surface area contributed by atoms with Gasteiger partial charge in [0.15, 0.2) is 0 Å². The Hall–Kier alpha value is -2.69. The third kappa shape index (κ3) is 3.02. The highest BCUT2D eigenvalue weighted by atomic mass is 19.1. The SMILES string of the molecule is CC(C)(NC(=O)c1ccn2ccc(-c3ccc(F)cc3)nc12)C1CC1. The average Bonchev–Trinajstić information content (AvgIpc) is 3.35. The van der Waals surface area contributed by atoms with E-state index in [1.54, 1.807) is 18.2 Å². The number of nitrogens with one attached hydrogen (secondary N) is 1. The molecule has 2 aromatic heterocycles. The molecule has 4 rings (SSSR count). The zero-order chi connectivity index (χ0) is 17.6. The lowest BCUT2D eigenvalue weighted by Crippen LogP contribution is -2.45. The molecule has 3 aromatic rings. The molecule has 5 heteroatoms. The third-order valence-electron chi connectivity index (χ3n) is 4.92. The minimum atomic E-state index is -0.283. The third-order valence-corrected chi connectivity index (χ3v) is 4.92. The minimum Gasteiger partial charge on any atom is -0.347 e. The highest BCUT2D eigenvalue weighted by molar-refractivity contribution is 6.00. The molecule has 0 atom stereocenters. The lowest BCUT2D eigenvalue weighted by Gasteiger charge is -2.25. The van der Waals surface area contributed by atoms with Crippen LogP contribution >= 0.6 is 0 Å². The first-order chi connectivity index (χ1) is 11.9. The number of rotatable bonds is 4. The normalized spacial score (nSPS) is 14.7. The smallest absolute Gasteiger partial charge is 0.255 e. The molecular formula is C20H20FN3O. The molecule has 0 unspecified atom stereocenters. The first-order valence-electron chi connectivity index (χ1n) is 8.50. The van der Waals surface area contributed by atoms with Crippen molar-refractivity contribution >= 4 is 11.6 Å². The van der Waals surface area contributed by atoms with Crippen molar-refractivity contribution in [3.8, 4) is 11.3 Å². The van der Waals surface area contributed by atoms with Crippen molar-refractivity contribution in [3.63, 3.8) is 0 Å². The first kappa shape index (κ1) is 15.8. The molecule has 0 aliphatic heterocycles. The van der Waals surface area contributed by atoms with Gasteiger partial charge < -0.3 is 9.72 Å². The van der Waals surface area contributed by atoms with Gasteiger partial charge in [0.1, 0.15) is 11.5 Å². The zero-order valence-electron chi connectivity index (χ0n) is 14.3. The van der Waals surface area contributed by atoms with Crippen molar-refractivity contribution in [2.45, 2.75) is 32.2 Å². The van der Waals surface area contributed by atoms with Crippen molar-refractivity contribution in [3.05, 3.63) is 60.2 Å². The van der Waals surface area contributed by atoms with Gasteiger partial charge >= 0.3 is 0 Å². The van der Waals surface area contributed by atoms with Crippen LogP contribution in [0.15, 0.2) is 48.8 Å². The summed E-state index contributed by atoms with van der Waals surface area (Å²) >= 11 is 0. The van der Waals surface area contributed by atoms with E-state index in [1.807, 2.05) is 22.9 Å². The van der Waals surface area contributed by atoms with Crippen LogP contribution in [0.1, 0.15) is 37.0 Å². The predicted octanol–water partition coefficient (Wildman–Crippen LogP) is 4.06. The molecule has 2 heterocycles. The zero-order valence-corrected chi connectivity index (χ0v) is 14.3. The van der Waals surface area contributed by atoms with E-state index in [0.29, 0.717) is 22.8 Å². The maximum atomic E-state index is 13.1. The maximum Gasteiger partial charge on any atom is 0.255 e. The van der Waals surface area contributed by atoms with E-state index in [1.165, 1.54) is 12.1 Å². The number of amides is 1. The summed E-state index contributed by atoms with van der Waals surface area (Å²) in [6.07, 6.45) is 6.02. The number of benzene rings is 1. The second-order valence-corrected chi connectivity index (χ2v) is 7.23. The Labute approximate surface area is 145 Å². The number of halogens is 1. The summed E-state index contributed by atoms with van der Waals surface area (Å²) in [5, 5.41) is 3.14. The van der Waals surface area contributed by atoms with Crippen molar-refractivity contribution in [2.24, 2.45) is 5.92 Å². The van der Waals surface area contributed by atoms with E-state index < -0.39 is 0 Å². The Balaban J connectivity index is 1.68. The molecule has 0 spiro atoms. The standard InChI is InChI=1S/C20H20FN3O/c1-20(2,14-5-6-14)23-19(25)16-9-11-24-12-10-17(22-18(16)24)13-3-7-15(21)8-4-13/h3-4,7-12,14H,5-6H2,1-2H3,(H,23,25). The minimum absolute atomic E-state index is 0.108. The molecule has 1 amide bonds. The summed E-state index contributed by atoms with van der Waals surface area (Å²) in [6, 6.07) is 9.83. The second kappa shape index (κ2) is 5.69. The van der Waals surface area contributed by atoms with Gasteiger partial charge in [0.05, 0.1) is 11.3 Å².